The van der Waals surface area contributed by atoms with Gasteiger partial charge in [-0.3, -0.25) is 14.3 Å². The van der Waals surface area contributed by atoms with Crippen LogP contribution < -0.4 is 10.0 Å². The fraction of sp³-hybridized carbons (Fsp3) is 0.475. The molecule has 3 aliphatic carbocycles. The molecule has 0 saturated heterocycles. The molecule has 0 aliphatic heterocycles. The van der Waals surface area contributed by atoms with Gasteiger partial charge in [0.25, 0.3) is 10.0 Å². The van der Waals surface area contributed by atoms with Gasteiger partial charge in [-0.05, 0) is 97.0 Å². The lowest BCUT2D eigenvalue weighted by atomic mass is 9.44. The number of carbonyl (C=O) groups is 2. The summed E-state index contributed by atoms with van der Waals surface area (Å²) in [6, 6.07) is 19.4. The lowest BCUT2D eigenvalue weighted by Crippen LogP contribution is -2.63. The van der Waals surface area contributed by atoms with Crippen molar-refractivity contribution in [2.24, 2.45) is 34.0 Å². The standard InChI is InChI=1S/C40H49N3O6S2/c1-6-38(4)23-33(39(5)26(2)17-19-40(27(3)37(38)46)20-18-32(44)36(39)40)49-35(45)25-50-30-11-9-10-28(22-30)24-42-29-13-15-31(16-14-29)51(47,48)43-34-12-7-8-21-41-34/h6-16,21-22,26-27,33,36-37,42,46H,1,17-20,23-25H2,2-5H3,(H,41,43)/t26-,27+,33-,36+,37+,38-,39+,40+/m1/s1. The molecule has 1 heterocycles. The van der Waals surface area contributed by atoms with Gasteiger partial charge in [0.2, 0.25) is 0 Å². The molecule has 3 saturated carbocycles. The average Bonchev–Trinajstić information content (AvgIpc) is 3.48. The molecular weight excluding hydrogens is 683 g/mol. The molecule has 51 heavy (non-hydrogen) atoms. The number of rotatable bonds is 11. The summed E-state index contributed by atoms with van der Waals surface area (Å²) in [5, 5.41) is 15.1. The van der Waals surface area contributed by atoms with E-state index in [1.807, 2.05) is 37.3 Å². The maximum Gasteiger partial charge on any atom is 0.316 e. The second kappa shape index (κ2) is 14.4. The molecule has 11 heteroatoms. The SMILES string of the molecule is C=C[C@]1(C)C[C@@H](OC(=O)CSc2cccc(CNc3ccc(S(=O)(=O)Nc4ccccn4)cc3)c2)[C@]2(C)[C@H](C)CC[C@]3(CCC(=O)[C@H]32)[C@@H](C)[C@@H]1O. The van der Waals surface area contributed by atoms with Gasteiger partial charge in [-0.2, -0.15) is 0 Å². The molecule has 1 aromatic heterocycles. The minimum Gasteiger partial charge on any atom is -0.461 e. The van der Waals surface area contributed by atoms with Crippen LogP contribution >= 0.6 is 11.8 Å². The zero-order valence-electron chi connectivity index (χ0n) is 29.8. The van der Waals surface area contributed by atoms with Crippen LogP contribution in [0.3, 0.4) is 0 Å². The van der Waals surface area contributed by atoms with Crippen molar-refractivity contribution in [1.82, 2.24) is 4.98 Å². The number of nitrogens with zero attached hydrogens (tertiary/aromatic N) is 1. The number of hydrogen-bond donors (Lipinski definition) is 3. The van der Waals surface area contributed by atoms with Crippen LogP contribution in [0.15, 0.2) is 95.4 Å². The van der Waals surface area contributed by atoms with Crippen molar-refractivity contribution in [1.29, 1.82) is 0 Å². The number of anilines is 2. The Kier molecular flexibility index (Phi) is 10.5. The minimum atomic E-state index is -3.77. The predicted molar refractivity (Wildman–Crippen MR) is 201 cm³/mol. The van der Waals surface area contributed by atoms with Crippen LogP contribution in [0.5, 0.6) is 0 Å². The van der Waals surface area contributed by atoms with Crippen LogP contribution in [0.1, 0.15) is 65.4 Å². The summed E-state index contributed by atoms with van der Waals surface area (Å²) in [7, 11) is -3.77. The number of aliphatic hydroxyl groups excluding tert-OH is 1. The number of pyridine rings is 1. The van der Waals surface area contributed by atoms with Crippen molar-refractivity contribution in [3.63, 3.8) is 0 Å². The fourth-order valence-electron chi connectivity index (χ4n) is 9.16. The van der Waals surface area contributed by atoms with Crippen molar-refractivity contribution in [2.75, 3.05) is 15.8 Å². The summed E-state index contributed by atoms with van der Waals surface area (Å²) in [5.41, 5.74) is 0.216. The summed E-state index contributed by atoms with van der Waals surface area (Å²) in [6.07, 6.45) is 5.60. The summed E-state index contributed by atoms with van der Waals surface area (Å²) in [6.45, 7) is 13.0. The third-order valence-electron chi connectivity index (χ3n) is 12.4. The average molecular weight is 732 g/mol. The van der Waals surface area contributed by atoms with Crippen LogP contribution in [0, 0.1) is 34.0 Å². The van der Waals surface area contributed by atoms with E-state index in [4.69, 9.17) is 4.74 Å². The normalized spacial score (nSPS) is 31.9. The van der Waals surface area contributed by atoms with Crippen LogP contribution in [-0.4, -0.2) is 48.2 Å². The largest absolute Gasteiger partial charge is 0.461 e. The molecule has 0 spiro atoms. The fourth-order valence-corrected chi connectivity index (χ4v) is 10.9. The first-order valence-electron chi connectivity index (χ1n) is 17.8. The Bertz CT molecular complexity index is 1870. The molecule has 3 aromatic rings. The summed E-state index contributed by atoms with van der Waals surface area (Å²) in [5.74, 6) is 0.0940. The quantitative estimate of drug-likeness (QED) is 0.104. The van der Waals surface area contributed by atoms with Crippen molar-refractivity contribution >= 4 is 45.0 Å². The molecule has 9 nitrogen and oxygen atoms in total. The molecule has 0 amide bonds. The van der Waals surface area contributed by atoms with Gasteiger partial charge in [0.1, 0.15) is 17.7 Å². The zero-order valence-corrected chi connectivity index (χ0v) is 31.4. The number of hydrogen-bond acceptors (Lipinski definition) is 9. The highest BCUT2D eigenvalue weighted by Crippen LogP contribution is 2.68. The molecule has 2 bridgehead atoms. The van der Waals surface area contributed by atoms with Crippen molar-refractivity contribution < 1.29 is 27.9 Å². The molecule has 0 radical (unpaired) electrons. The number of sulfonamides is 1. The topological polar surface area (TPSA) is 135 Å². The van der Waals surface area contributed by atoms with E-state index >= 15 is 0 Å². The maximum atomic E-state index is 13.7. The number of thioether (sulfide) groups is 1. The van der Waals surface area contributed by atoms with Gasteiger partial charge >= 0.3 is 5.97 Å². The second-order valence-electron chi connectivity index (χ2n) is 15.2. The van der Waals surface area contributed by atoms with Gasteiger partial charge in [-0.1, -0.05) is 52.0 Å². The van der Waals surface area contributed by atoms with Crippen LogP contribution in [0.4, 0.5) is 11.5 Å². The number of carbonyl (C=O) groups excluding carboxylic acids is 2. The van der Waals surface area contributed by atoms with Gasteiger partial charge in [0.05, 0.1) is 16.8 Å². The van der Waals surface area contributed by atoms with E-state index < -0.39 is 33.1 Å². The predicted octanol–water partition coefficient (Wildman–Crippen LogP) is 7.49. The number of ketones is 1. The van der Waals surface area contributed by atoms with E-state index in [0.29, 0.717) is 19.4 Å². The molecule has 2 aromatic carbocycles. The monoisotopic (exact) mass is 731 g/mol. The van der Waals surface area contributed by atoms with Crippen LogP contribution in [-0.2, 0) is 30.9 Å². The third kappa shape index (κ3) is 7.09. The van der Waals surface area contributed by atoms with Crippen LogP contribution in [0.2, 0.25) is 0 Å². The molecule has 3 fully saturated rings. The highest BCUT2D eigenvalue weighted by atomic mass is 32.2. The number of ether oxygens (including phenoxy) is 1. The zero-order chi connectivity index (χ0) is 36.6. The van der Waals surface area contributed by atoms with Gasteiger partial charge in [-0.15, -0.1) is 18.3 Å². The number of Topliss-reactive ketones (excluding diaryl/α,β-unsaturated/α-hetero) is 1. The van der Waals surface area contributed by atoms with Crippen LogP contribution in [0.25, 0.3) is 0 Å². The smallest absolute Gasteiger partial charge is 0.316 e. The molecule has 3 N–H and O–H groups in total. The number of benzene rings is 2. The Balaban J connectivity index is 1.10. The number of aliphatic hydroxyl groups is 1. The van der Waals surface area contributed by atoms with Gasteiger partial charge in [-0.25, -0.2) is 13.4 Å². The van der Waals surface area contributed by atoms with E-state index in [2.05, 4.69) is 42.4 Å². The van der Waals surface area contributed by atoms with Crippen molar-refractivity contribution in [3.8, 4) is 0 Å². The molecule has 3 aliphatic rings. The summed E-state index contributed by atoms with van der Waals surface area (Å²) >= 11 is 1.40. The molecule has 272 valence electrons. The van der Waals surface area contributed by atoms with Crippen molar-refractivity contribution in [2.45, 2.75) is 88.3 Å². The van der Waals surface area contributed by atoms with E-state index in [9.17, 15) is 23.1 Å². The molecule has 8 atom stereocenters. The van der Waals surface area contributed by atoms with E-state index in [1.165, 1.54) is 30.1 Å². The van der Waals surface area contributed by atoms with E-state index in [0.717, 1.165) is 35.4 Å². The first-order chi connectivity index (χ1) is 24.2. The number of esters is 1. The highest BCUT2D eigenvalue weighted by Gasteiger charge is 2.68. The Morgan fingerprint density at radius 1 is 1.10 bits per heavy atom. The Morgan fingerprint density at radius 3 is 2.57 bits per heavy atom. The lowest BCUT2D eigenvalue weighted by molar-refractivity contribution is -0.205. The third-order valence-corrected chi connectivity index (χ3v) is 14.7. The Labute approximate surface area is 306 Å². The lowest BCUT2D eigenvalue weighted by Gasteiger charge is -2.61. The molecule has 0 unspecified atom stereocenters. The first-order valence-corrected chi connectivity index (χ1v) is 20.2. The number of aromatic nitrogens is 1. The summed E-state index contributed by atoms with van der Waals surface area (Å²) < 4.78 is 34.4. The Morgan fingerprint density at radius 2 is 1.86 bits per heavy atom. The molecule has 6 rings (SSSR count). The highest BCUT2D eigenvalue weighted by molar-refractivity contribution is 8.00. The first kappa shape index (κ1) is 37.1. The van der Waals surface area contributed by atoms with E-state index in [-0.39, 0.29) is 51.4 Å². The van der Waals surface area contributed by atoms with Crippen molar-refractivity contribution in [3.05, 3.63) is 91.1 Å². The van der Waals surface area contributed by atoms with Gasteiger partial charge < -0.3 is 15.2 Å². The molecular formula is C40H49N3O6S2. The van der Waals surface area contributed by atoms with Gasteiger partial charge in [0.15, 0.2) is 0 Å². The summed E-state index contributed by atoms with van der Waals surface area (Å²) in [4.78, 5) is 32.4. The minimum absolute atomic E-state index is 0.0757. The second-order valence-corrected chi connectivity index (χ2v) is 17.9. The van der Waals surface area contributed by atoms with Gasteiger partial charge in [0, 0.05) is 46.5 Å². The Hall–Kier alpha value is -3.67. The number of nitrogens with one attached hydrogen (secondary N) is 2. The maximum absolute atomic E-state index is 13.7. The van der Waals surface area contributed by atoms with E-state index in [1.54, 1.807) is 30.3 Å².